The van der Waals surface area contributed by atoms with Crippen LogP contribution in [0.2, 0.25) is 0 Å². The Morgan fingerprint density at radius 2 is 1.92 bits per heavy atom. The topological polar surface area (TPSA) is 104 Å². The van der Waals surface area contributed by atoms with Crippen molar-refractivity contribution in [2.75, 3.05) is 13.1 Å². The fraction of sp³-hybridized carbons (Fsp3) is 0.333. The van der Waals surface area contributed by atoms with E-state index >= 15 is 0 Å². The smallest absolute Gasteiger partial charge is 0.272 e. The van der Waals surface area contributed by atoms with Crippen molar-refractivity contribution in [3.63, 3.8) is 0 Å². The van der Waals surface area contributed by atoms with Crippen LogP contribution in [0.4, 0.5) is 0 Å². The monoisotopic (exact) mass is 356 g/mol. The standard InChI is InChI=1S/C18H24N6O2/c1-14(2)11-24(18(26)16-10-20-8-9-21-16)22-17(25)13-23(19)12-15-6-4-3-5-7-15/h3-10,14H,11-13,19H2,1-2H3,(H,22,25). The van der Waals surface area contributed by atoms with E-state index in [0.29, 0.717) is 13.1 Å². The maximum absolute atomic E-state index is 12.6. The summed E-state index contributed by atoms with van der Waals surface area (Å²) in [4.78, 5) is 32.7. The molecule has 1 aromatic carbocycles. The first-order valence-electron chi connectivity index (χ1n) is 8.36. The molecule has 26 heavy (non-hydrogen) atoms. The number of carbonyl (C=O) groups is 2. The fourth-order valence-electron chi connectivity index (χ4n) is 2.34. The summed E-state index contributed by atoms with van der Waals surface area (Å²) in [6, 6.07) is 9.60. The first-order valence-corrected chi connectivity index (χ1v) is 8.36. The van der Waals surface area contributed by atoms with Crippen LogP contribution in [0.3, 0.4) is 0 Å². The van der Waals surface area contributed by atoms with E-state index in [9.17, 15) is 9.59 Å². The number of rotatable bonds is 7. The van der Waals surface area contributed by atoms with Crippen LogP contribution in [-0.4, -0.2) is 44.9 Å². The summed E-state index contributed by atoms with van der Waals surface area (Å²) in [5.41, 5.74) is 3.79. The van der Waals surface area contributed by atoms with E-state index in [1.165, 1.54) is 28.6 Å². The van der Waals surface area contributed by atoms with Gasteiger partial charge in [0, 0.05) is 25.5 Å². The molecule has 0 radical (unpaired) electrons. The fourth-order valence-corrected chi connectivity index (χ4v) is 2.34. The van der Waals surface area contributed by atoms with Crippen LogP contribution in [0.25, 0.3) is 0 Å². The van der Waals surface area contributed by atoms with Gasteiger partial charge in [-0.05, 0) is 11.5 Å². The third-order valence-electron chi connectivity index (χ3n) is 3.41. The van der Waals surface area contributed by atoms with Gasteiger partial charge in [0.25, 0.3) is 11.8 Å². The minimum Gasteiger partial charge on any atom is -0.272 e. The van der Waals surface area contributed by atoms with Gasteiger partial charge in [-0.2, -0.15) is 0 Å². The van der Waals surface area contributed by atoms with Gasteiger partial charge >= 0.3 is 0 Å². The molecule has 1 heterocycles. The summed E-state index contributed by atoms with van der Waals surface area (Å²) < 4.78 is 0. The Labute approximate surface area is 153 Å². The molecule has 1 aromatic heterocycles. The molecule has 0 aliphatic heterocycles. The third kappa shape index (κ3) is 6.23. The van der Waals surface area contributed by atoms with E-state index < -0.39 is 5.91 Å². The number of hydrazine groups is 2. The molecule has 8 nitrogen and oxygen atoms in total. The molecule has 0 saturated heterocycles. The Morgan fingerprint density at radius 3 is 2.54 bits per heavy atom. The maximum Gasteiger partial charge on any atom is 0.292 e. The van der Waals surface area contributed by atoms with Crippen molar-refractivity contribution < 1.29 is 9.59 Å². The van der Waals surface area contributed by atoms with Gasteiger partial charge in [0.1, 0.15) is 5.69 Å². The van der Waals surface area contributed by atoms with Crippen LogP contribution in [0.15, 0.2) is 48.9 Å². The lowest BCUT2D eigenvalue weighted by Crippen LogP contribution is -2.51. The Bertz CT molecular complexity index is 708. The van der Waals surface area contributed by atoms with Crippen molar-refractivity contribution >= 4 is 11.8 Å². The highest BCUT2D eigenvalue weighted by Gasteiger charge is 2.21. The normalized spacial score (nSPS) is 10.8. The second-order valence-corrected chi connectivity index (χ2v) is 6.33. The summed E-state index contributed by atoms with van der Waals surface area (Å²) in [5, 5.41) is 2.65. The molecule has 2 amide bonds. The predicted octanol–water partition coefficient (Wildman–Crippen LogP) is 0.982. The van der Waals surface area contributed by atoms with Crippen molar-refractivity contribution in [2.45, 2.75) is 20.4 Å². The van der Waals surface area contributed by atoms with Crippen molar-refractivity contribution in [2.24, 2.45) is 11.8 Å². The molecule has 2 aromatic rings. The van der Waals surface area contributed by atoms with Gasteiger partial charge in [-0.3, -0.25) is 25.8 Å². The predicted molar refractivity (Wildman–Crippen MR) is 97.1 cm³/mol. The van der Waals surface area contributed by atoms with E-state index in [0.717, 1.165) is 5.56 Å². The molecule has 0 bridgehead atoms. The first-order chi connectivity index (χ1) is 12.5. The highest BCUT2D eigenvalue weighted by Crippen LogP contribution is 2.04. The SMILES string of the molecule is CC(C)CN(NC(=O)CN(N)Cc1ccccc1)C(=O)c1cnccn1. The van der Waals surface area contributed by atoms with Crippen LogP contribution < -0.4 is 11.3 Å². The van der Waals surface area contributed by atoms with Gasteiger partial charge in [-0.15, -0.1) is 0 Å². The lowest BCUT2D eigenvalue weighted by molar-refractivity contribution is -0.126. The highest BCUT2D eigenvalue weighted by molar-refractivity contribution is 5.93. The van der Waals surface area contributed by atoms with E-state index in [1.807, 2.05) is 44.2 Å². The number of nitrogens with two attached hydrogens (primary N) is 1. The quantitative estimate of drug-likeness (QED) is 0.566. The Balaban J connectivity index is 1.96. The highest BCUT2D eigenvalue weighted by atomic mass is 16.2. The Hall–Kier alpha value is -2.84. The number of amides is 2. The summed E-state index contributed by atoms with van der Waals surface area (Å²) in [6.07, 6.45) is 4.29. The van der Waals surface area contributed by atoms with Gasteiger partial charge in [-0.1, -0.05) is 44.2 Å². The van der Waals surface area contributed by atoms with Gasteiger partial charge in [0.2, 0.25) is 0 Å². The average Bonchev–Trinajstić information content (AvgIpc) is 2.61. The first kappa shape index (κ1) is 19.5. The molecule has 0 fully saturated rings. The van der Waals surface area contributed by atoms with Crippen LogP contribution in [0.1, 0.15) is 29.9 Å². The van der Waals surface area contributed by atoms with E-state index in [4.69, 9.17) is 5.84 Å². The molecule has 2 rings (SSSR count). The van der Waals surface area contributed by atoms with E-state index in [1.54, 1.807) is 0 Å². The van der Waals surface area contributed by atoms with Crippen molar-refractivity contribution in [3.05, 3.63) is 60.2 Å². The molecular weight excluding hydrogens is 332 g/mol. The number of hydrogen-bond donors (Lipinski definition) is 2. The summed E-state index contributed by atoms with van der Waals surface area (Å²) in [5.74, 6) is 5.29. The van der Waals surface area contributed by atoms with Crippen LogP contribution in [0, 0.1) is 5.92 Å². The van der Waals surface area contributed by atoms with Crippen LogP contribution in [-0.2, 0) is 11.3 Å². The molecule has 0 atom stereocenters. The molecule has 3 N–H and O–H groups in total. The number of benzene rings is 1. The maximum atomic E-state index is 12.6. The zero-order valence-corrected chi connectivity index (χ0v) is 15.0. The number of hydrogen-bond acceptors (Lipinski definition) is 6. The van der Waals surface area contributed by atoms with E-state index in [-0.39, 0.29) is 24.1 Å². The summed E-state index contributed by atoms with van der Waals surface area (Å²) >= 11 is 0. The van der Waals surface area contributed by atoms with Gasteiger partial charge < -0.3 is 0 Å². The lowest BCUT2D eigenvalue weighted by Gasteiger charge is -2.26. The number of aromatic nitrogens is 2. The molecule has 0 unspecified atom stereocenters. The minimum atomic E-state index is -0.410. The van der Waals surface area contributed by atoms with Crippen molar-refractivity contribution in [1.29, 1.82) is 0 Å². The van der Waals surface area contributed by atoms with Crippen molar-refractivity contribution in [1.82, 2.24) is 25.4 Å². The largest absolute Gasteiger partial charge is 0.292 e. The zero-order valence-electron chi connectivity index (χ0n) is 15.0. The molecule has 0 aliphatic rings. The third-order valence-corrected chi connectivity index (χ3v) is 3.41. The molecule has 8 heteroatoms. The second-order valence-electron chi connectivity index (χ2n) is 6.33. The van der Waals surface area contributed by atoms with Gasteiger partial charge in [-0.25, -0.2) is 15.0 Å². The molecular formula is C18H24N6O2. The molecule has 138 valence electrons. The second kappa shape index (κ2) is 9.59. The lowest BCUT2D eigenvalue weighted by atomic mass is 10.2. The van der Waals surface area contributed by atoms with Crippen LogP contribution in [0.5, 0.6) is 0 Å². The number of nitrogens with zero attached hydrogens (tertiary/aromatic N) is 4. The molecule has 0 aliphatic carbocycles. The van der Waals surface area contributed by atoms with E-state index in [2.05, 4.69) is 15.4 Å². The molecule has 0 spiro atoms. The summed E-state index contributed by atoms with van der Waals surface area (Å²) in [7, 11) is 0. The number of carbonyl (C=O) groups excluding carboxylic acids is 2. The number of nitrogens with one attached hydrogen (secondary N) is 1. The van der Waals surface area contributed by atoms with Crippen molar-refractivity contribution in [3.8, 4) is 0 Å². The minimum absolute atomic E-state index is 0.0444. The van der Waals surface area contributed by atoms with Gasteiger partial charge in [0.05, 0.1) is 12.7 Å². The molecule has 0 saturated carbocycles. The Morgan fingerprint density at radius 1 is 1.19 bits per heavy atom. The van der Waals surface area contributed by atoms with Gasteiger partial charge in [0.15, 0.2) is 0 Å². The Kier molecular flexibility index (Phi) is 7.19. The van der Waals surface area contributed by atoms with Crippen LogP contribution >= 0.6 is 0 Å². The zero-order chi connectivity index (χ0) is 18.9. The average molecular weight is 356 g/mol. The summed E-state index contributed by atoms with van der Waals surface area (Å²) in [6.45, 7) is 4.64.